The number of rotatable bonds is 10. The summed E-state index contributed by atoms with van der Waals surface area (Å²) in [5.41, 5.74) is -1.52. The van der Waals surface area contributed by atoms with E-state index in [1.54, 1.807) is 18.2 Å². The van der Waals surface area contributed by atoms with Crippen LogP contribution in [0.1, 0.15) is 91.4 Å². The van der Waals surface area contributed by atoms with Crippen LogP contribution in [0.5, 0.6) is 11.8 Å². The molecule has 58 heavy (non-hydrogen) atoms. The average molecular weight is 840 g/mol. The minimum Gasteiger partial charge on any atom is -0.478 e. The highest BCUT2D eigenvalue weighted by molar-refractivity contribution is 7.91. The van der Waals surface area contributed by atoms with E-state index in [4.69, 9.17) is 25.8 Å². The molecule has 3 heterocycles. The van der Waals surface area contributed by atoms with Crippen molar-refractivity contribution in [1.82, 2.24) is 25.2 Å². The minimum absolute atomic E-state index is 0.0206. The van der Waals surface area contributed by atoms with E-state index in [-0.39, 0.29) is 43.2 Å². The lowest BCUT2D eigenvalue weighted by Crippen LogP contribution is -2.59. The first-order valence-corrected chi connectivity index (χ1v) is 22.9. The zero-order valence-electron chi connectivity index (χ0n) is 33.3. The Hall–Kier alpha value is -4.11. The van der Waals surface area contributed by atoms with Crippen molar-refractivity contribution in [2.75, 3.05) is 13.2 Å². The number of aromatic nitrogens is 1. The Morgan fingerprint density at radius 1 is 1.03 bits per heavy atom. The normalized spacial score (nSPS) is 33.1. The Bertz CT molecular complexity index is 2090. The number of carbonyl (C=O) groups excluding carboxylic acids is 4. The van der Waals surface area contributed by atoms with E-state index < -0.39 is 68.7 Å². The molecule has 5 fully saturated rings. The molecule has 16 heteroatoms. The summed E-state index contributed by atoms with van der Waals surface area (Å²) < 4.78 is 46.4. The number of hydrogen-bond donors (Lipinski definition) is 3. The Morgan fingerprint density at radius 2 is 1.81 bits per heavy atom. The van der Waals surface area contributed by atoms with Crippen molar-refractivity contribution < 1.29 is 41.8 Å². The van der Waals surface area contributed by atoms with Gasteiger partial charge in [-0.05, 0) is 100 Å². The Kier molecular flexibility index (Phi) is 11.3. The molecule has 314 valence electrons. The molecule has 3 N–H and O–H groups in total. The summed E-state index contributed by atoms with van der Waals surface area (Å²) in [5, 5.41) is 6.94. The van der Waals surface area contributed by atoms with Crippen LogP contribution < -0.4 is 24.8 Å². The molecule has 0 bridgehead atoms. The number of nitrogens with zero attached hydrogens (tertiary/aromatic N) is 2. The molecule has 0 spiro atoms. The van der Waals surface area contributed by atoms with E-state index in [2.05, 4.69) is 27.3 Å². The standard InChI is InChI=1S/C42H54ClN5O9S/c1-4-14-55-35-20-32-31(10-7-11-33(32)43)38(44-35)56-29-19-34-37(49)46-42(40(51)47-58(53,54)30-12-13-30)21-27(42)9-6-5-8-23(2)15-24(3)36(39(50)48(34)22-29)45-41(52)57-28-17-25-16-26(25)18-28/h6-7,9-11,20,23-30,34,36H,4-5,8,12-19,21-22H2,1-3H3,(H,45,52)(H,46,49)(H,47,51)/b9-6-/t23-,24-,25+,26+,27-,29-,34+,36+,42-/m1/s1. The summed E-state index contributed by atoms with van der Waals surface area (Å²) in [6, 6.07) is 4.93. The largest absolute Gasteiger partial charge is 0.478 e. The highest BCUT2D eigenvalue weighted by Crippen LogP contribution is 2.52. The van der Waals surface area contributed by atoms with Crippen molar-refractivity contribution >= 4 is 56.2 Å². The van der Waals surface area contributed by atoms with E-state index in [9.17, 15) is 27.6 Å². The van der Waals surface area contributed by atoms with Gasteiger partial charge in [-0.3, -0.25) is 19.1 Å². The van der Waals surface area contributed by atoms with Crippen molar-refractivity contribution in [1.29, 1.82) is 0 Å². The first-order valence-electron chi connectivity index (χ1n) is 21.0. The molecule has 8 rings (SSSR count). The summed E-state index contributed by atoms with van der Waals surface area (Å²) in [6.07, 6.45) is 9.03. The molecular formula is C42H54ClN5O9S. The van der Waals surface area contributed by atoms with Gasteiger partial charge in [0.2, 0.25) is 33.6 Å². The van der Waals surface area contributed by atoms with Crippen LogP contribution in [0.25, 0.3) is 10.8 Å². The van der Waals surface area contributed by atoms with Gasteiger partial charge in [-0.2, -0.15) is 4.98 Å². The van der Waals surface area contributed by atoms with Crippen molar-refractivity contribution in [2.45, 2.75) is 126 Å². The van der Waals surface area contributed by atoms with Gasteiger partial charge in [-0.25, -0.2) is 13.2 Å². The van der Waals surface area contributed by atoms with Gasteiger partial charge in [0.1, 0.15) is 29.8 Å². The van der Waals surface area contributed by atoms with Gasteiger partial charge >= 0.3 is 6.09 Å². The van der Waals surface area contributed by atoms with Crippen LogP contribution in [0.2, 0.25) is 5.02 Å². The fraction of sp³-hybridized carbons (Fsp3) is 0.643. The second kappa shape index (κ2) is 16.2. The molecule has 1 saturated heterocycles. The van der Waals surface area contributed by atoms with Gasteiger partial charge in [0.15, 0.2) is 0 Å². The number of carbonyl (C=O) groups is 4. The van der Waals surface area contributed by atoms with Crippen molar-refractivity contribution in [3.05, 3.63) is 41.4 Å². The van der Waals surface area contributed by atoms with Crippen LogP contribution in [0, 0.1) is 29.6 Å². The number of amides is 4. The average Bonchev–Trinajstić information content (AvgIpc) is 4.14. The molecule has 1 aromatic heterocycles. The third-order valence-corrected chi connectivity index (χ3v) is 15.0. The lowest BCUT2D eigenvalue weighted by Gasteiger charge is -2.33. The van der Waals surface area contributed by atoms with E-state index >= 15 is 0 Å². The van der Waals surface area contributed by atoms with E-state index in [0.717, 1.165) is 25.7 Å². The van der Waals surface area contributed by atoms with Crippen LogP contribution in [0.15, 0.2) is 36.4 Å². The molecule has 0 unspecified atom stereocenters. The van der Waals surface area contributed by atoms with Crippen molar-refractivity contribution in [3.63, 3.8) is 0 Å². The number of pyridine rings is 1. The monoisotopic (exact) mass is 839 g/mol. The van der Waals surface area contributed by atoms with Crippen LogP contribution in [-0.2, 0) is 29.1 Å². The summed E-state index contributed by atoms with van der Waals surface area (Å²) in [5.74, 6) is -0.788. The van der Waals surface area contributed by atoms with Crippen LogP contribution in [0.4, 0.5) is 4.79 Å². The molecule has 9 atom stereocenters. The summed E-state index contributed by atoms with van der Waals surface area (Å²) in [4.78, 5) is 63.0. The fourth-order valence-corrected chi connectivity index (χ4v) is 10.9. The summed E-state index contributed by atoms with van der Waals surface area (Å²) >= 11 is 6.61. The molecule has 6 aliphatic rings. The number of ether oxygens (including phenoxy) is 3. The van der Waals surface area contributed by atoms with E-state index in [0.29, 0.717) is 65.8 Å². The number of sulfonamides is 1. The first-order chi connectivity index (χ1) is 27.7. The van der Waals surface area contributed by atoms with Gasteiger partial charge < -0.3 is 29.7 Å². The lowest BCUT2D eigenvalue weighted by molar-refractivity contribution is -0.142. The van der Waals surface area contributed by atoms with Gasteiger partial charge in [0, 0.05) is 34.2 Å². The predicted molar refractivity (Wildman–Crippen MR) is 215 cm³/mol. The van der Waals surface area contributed by atoms with Gasteiger partial charge in [-0.1, -0.05) is 50.6 Å². The van der Waals surface area contributed by atoms with Gasteiger partial charge in [0.05, 0.1) is 18.4 Å². The van der Waals surface area contributed by atoms with Gasteiger partial charge in [-0.15, -0.1) is 0 Å². The van der Waals surface area contributed by atoms with Crippen LogP contribution in [-0.4, -0.2) is 90.3 Å². The third kappa shape index (κ3) is 8.62. The lowest BCUT2D eigenvalue weighted by atomic mass is 9.88. The van der Waals surface area contributed by atoms with Crippen molar-refractivity contribution in [3.8, 4) is 11.8 Å². The molecule has 0 radical (unpaired) electrons. The first kappa shape index (κ1) is 40.7. The third-order valence-electron chi connectivity index (χ3n) is 12.9. The maximum Gasteiger partial charge on any atom is 0.408 e. The highest BCUT2D eigenvalue weighted by atomic mass is 35.5. The Balaban J connectivity index is 1.11. The quantitative estimate of drug-likeness (QED) is 0.262. The molecule has 2 aromatic rings. The van der Waals surface area contributed by atoms with E-state index in [1.165, 1.54) is 11.3 Å². The number of halogens is 1. The maximum atomic E-state index is 15.0. The number of nitrogens with one attached hydrogen (secondary N) is 3. The molecular weight excluding hydrogens is 786 g/mol. The molecule has 14 nitrogen and oxygen atoms in total. The van der Waals surface area contributed by atoms with E-state index in [1.807, 2.05) is 32.1 Å². The maximum absolute atomic E-state index is 15.0. The number of hydrogen-bond acceptors (Lipinski definition) is 10. The van der Waals surface area contributed by atoms with Crippen LogP contribution >= 0.6 is 11.6 Å². The Morgan fingerprint density at radius 3 is 2.55 bits per heavy atom. The fourth-order valence-electron chi connectivity index (χ4n) is 9.28. The SMILES string of the molecule is CCCOc1cc2c(Cl)cccc2c(O[C@@H]2C[C@H]3C(=O)N[C@]4(C(=O)NS(=O)(=O)C5CC5)C[C@H]4/C=C\CC[C@@H](C)C[C@@H](C)[C@H](NC(=O)OC4C[C@@H]5C[C@H]5C4)C(=O)N3C2)n1. The summed E-state index contributed by atoms with van der Waals surface area (Å²) in [6.45, 7) is 6.38. The Labute approximate surface area is 344 Å². The van der Waals surface area contributed by atoms with Crippen LogP contribution in [0.3, 0.4) is 0 Å². The molecule has 1 aromatic carbocycles. The second-order valence-corrected chi connectivity index (χ2v) is 19.9. The predicted octanol–water partition coefficient (Wildman–Crippen LogP) is 5.41. The zero-order chi connectivity index (χ0) is 40.9. The topological polar surface area (TPSA) is 182 Å². The second-order valence-electron chi connectivity index (χ2n) is 17.6. The van der Waals surface area contributed by atoms with Crippen molar-refractivity contribution in [2.24, 2.45) is 29.6 Å². The minimum atomic E-state index is -3.91. The molecule has 2 aliphatic heterocycles. The number of fused-ring (bicyclic) bond motifs is 4. The highest BCUT2D eigenvalue weighted by Gasteiger charge is 2.62. The summed E-state index contributed by atoms with van der Waals surface area (Å²) in [7, 11) is -3.91. The number of benzene rings is 1. The smallest absolute Gasteiger partial charge is 0.408 e. The number of alkyl carbamates (subject to hydrolysis) is 1. The van der Waals surface area contributed by atoms with Gasteiger partial charge in [0.25, 0.3) is 5.91 Å². The number of allylic oxidation sites excluding steroid dienone is 1. The molecule has 4 amide bonds. The zero-order valence-corrected chi connectivity index (χ0v) is 34.9. The molecule has 4 aliphatic carbocycles. The molecule has 4 saturated carbocycles.